The van der Waals surface area contributed by atoms with Gasteiger partial charge in [0.25, 0.3) is 0 Å². The number of hydrogen-bond donors (Lipinski definition) is 5. The van der Waals surface area contributed by atoms with E-state index < -0.39 is 11.1 Å². The molecule has 2 aliphatic rings. The Bertz CT molecular complexity index is 3580. The monoisotopic (exact) mass is 1440 g/mol. The Balaban J connectivity index is 0.000000484. The van der Waals surface area contributed by atoms with E-state index in [0.717, 1.165) is 94.8 Å². The van der Waals surface area contributed by atoms with Crippen molar-refractivity contribution in [1.82, 2.24) is 40.6 Å². The van der Waals surface area contributed by atoms with Gasteiger partial charge in [0.05, 0.1) is 65.9 Å². The highest BCUT2D eigenvalue weighted by atomic mass is 35.5. The maximum absolute atomic E-state index is 12.7. The van der Waals surface area contributed by atoms with Crippen LogP contribution >= 0.6 is 12.4 Å². The molecule has 0 fully saturated rings. The van der Waals surface area contributed by atoms with Gasteiger partial charge in [-0.3, -0.25) is 34.6 Å². The molecule has 23 nitrogen and oxygen atoms in total. The van der Waals surface area contributed by atoms with Crippen LogP contribution in [0.1, 0.15) is 140 Å². The van der Waals surface area contributed by atoms with Crippen LogP contribution in [0.2, 0.25) is 0 Å². The first-order valence-corrected chi connectivity index (χ1v) is 33.6. The molecule has 0 spiro atoms. The van der Waals surface area contributed by atoms with Gasteiger partial charge in [0, 0.05) is 118 Å². The van der Waals surface area contributed by atoms with E-state index in [1.807, 2.05) is 140 Å². The molecule has 0 aliphatic carbocycles. The summed E-state index contributed by atoms with van der Waals surface area (Å²) < 4.78 is 44.6. The van der Waals surface area contributed by atoms with Crippen LogP contribution in [0.3, 0.4) is 0 Å². The number of halogens is 1. The number of ether oxygens (including phenoxy) is 8. The lowest BCUT2D eigenvalue weighted by Gasteiger charge is -2.21. The maximum atomic E-state index is 12.7. The van der Waals surface area contributed by atoms with Gasteiger partial charge in [0.15, 0.2) is 46.0 Å². The van der Waals surface area contributed by atoms with Crippen LogP contribution in [-0.2, 0) is 63.2 Å². The summed E-state index contributed by atoms with van der Waals surface area (Å²) >= 11 is 0. The lowest BCUT2D eigenvalue weighted by Crippen LogP contribution is -2.47. The van der Waals surface area contributed by atoms with E-state index in [1.165, 1.54) is 18.2 Å². The number of likely N-dealkylation sites (N-methyl/N-ethyl adjacent to an activating group) is 3. The summed E-state index contributed by atoms with van der Waals surface area (Å²) in [5.74, 6) is 6.07. The smallest absolute Gasteiger partial charge is 0.246 e. The van der Waals surface area contributed by atoms with Crippen molar-refractivity contribution < 1.29 is 61.9 Å². The molecule has 0 radical (unpaired) electrons. The molecule has 5 amide bonds. The minimum atomic E-state index is -0.685. The largest absolute Gasteiger partial charge is 0.493 e. The first-order valence-electron chi connectivity index (χ1n) is 33.6. The number of carbonyl (C=O) groups is 5. The summed E-state index contributed by atoms with van der Waals surface area (Å²) in [7, 11) is 13.6. The number of nitrogens with zero attached hydrogens (tertiary/aromatic N) is 5. The van der Waals surface area contributed by atoms with Crippen LogP contribution in [0.15, 0.2) is 122 Å². The number of rotatable bonds is 29. The van der Waals surface area contributed by atoms with Gasteiger partial charge < -0.3 is 68.5 Å². The maximum Gasteiger partial charge on any atom is 0.246 e. The van der Waals surface area contributed by atoms with Crippen molar-refractivity contribution in [1.29, 1.82) is 0 Å². The van der Waals surface area contributed by atoms with Crippen molar-refractivity contribution >= 4 is 65.7 Å². The summed E-state index contributed by atoms with van der Waals surface area (Å²) in [5.41, 5.74) is 5.73. The van der Waals surface area contributed by atoms with E-state index in [-0.39, 0.29) is 56.8 Å². The number of hydrogen-bond acceptors (Lipinski definition) is 18. The number of fused-ring (bicyclic) bond motifs is 2. The fourth-order valence-electron chi connectivity index (χ4n) is 9.86. The van der Waals surface area contributed by atoms with Gasteiger partial charge in [-0.15, -0.1) is 12.4 Å². The second-order valence-corrected chi connectivity index (χ2v) is 24.6. The van der Waals surface area contributed by atoms with E-state index in [2.05, 4.69) is 50.1 Å². The zero-order chi connectivity index (χ0) is 73.4. The van der Waals surface area contributed by atoms with Crippen molar-refractivity contribution in [2.75, 3.05) is 93.7 Å². The molecule has 103 heavy (non-hydrogen) atoms. The van der Waals surface area contributed by atoms with Crippen LogP contribution in [0.25, 0.3) is 12.2 Å². The zero-order valence-electron chi connectivity index (χ0n) is 61.7. The van der Waals surface area contributed by atoms with E-state index in [1.54, 1.807) is 88.8 Å². The third-order valence-electron chi connectivity index (χ3n) is 15.7. The minimum absolute atomic E-state index is 0. The summed E-state index contributed by atoms with van der Waals surface area (Å²) in [5, 5.41) is 15.2. The van der Waals surface area contributed by atoms with E-state index in [4.69, 9.17) is 37.9 Å². The molecule has 24 heteroatoms. The number of aromatic nitrogens is 2. The zero-order valence-corrected chi connectivity index (χ0v) is 62.5. The van der Waals surface area contributed by atoms with Crippen LogP contribution < -0.4 is 64.5 Å². The molecule has 0 saturated heterocycles. The predicted octanol–water partition coefficient (Wildman–Crippen LogP) is 13.3. The third kappa shape index (κ3) is 26.9. The second-order valence-electron chi connectivity index (χ2n) is 24.6. The third-order valence-corrected chi connectivity index (χ3v) is 15.7. The first kappa shape index (κ1) is 89.4. The Morgan fingerprint density at radius 1 is 0.515 bits per heavy atom. The number of benzene rings is 4. The summed E-state index contributed by atoms with van der Waals surface area (Å²) in [6.45, 7) is 24.5. The number of anilines is 2. The lowest BCUT2D eigenvalue weighted by atomic mass is 10.1. The number of methoxy groups -OCH3 is 4. The molecular formula is C79H113ClN10O13. The molecule has 0 atom stereocenters. The molecule has 8 rings (SSSR count). The van der Waals surface area contributed by atoms with Gasteiger partial charge in [-0.1, -0.05) is 97.7 Å². The average molecular weight is 1450 g/mol. The Kier molecular flexibility index (Phi) is 39.3. The quantitative estimate of drug-likeness (QED) is 0.0274. The number of para-hydroxylation sites is 4. The fraction of sp³-hybridized carbons (Fsp3) is 0.430. The SMILES string of the molecule is C.C.C=CC(=O)N(C)Cc1cccc(OC)c1OCCC.CCCOc1c(CN(C)C(=O)/C=C/c2cnc3c(c2)CNC(C)(C)C(=O)N3)cccc1OC.CCCOc1c(CN(C)C(=O)/C=C/c2cnc3c(c2)CNC(C)(C)C(=O)N3)cccc1OC.CCCOc1c(CNC)cccc1OC.Cl. The highest BCUT2D eigenvalue weighted by molar-refractivity contribution is 5.99. The molecule has 4 aromatic carbocycles. The molecule has 6 aromatic rings. The van der Waals surface area contributed by atoms with Crippen molar-refractivity contribution in [2.24, 2.45) is 0 Å². The minimum Gasteiger partial charge on any atom is -0.493 e. The predicted molar refractivity (Wildman–Crippen MR) is 414 cm³/mol. The van der Waals surface area contributed by atoms with Gasteiger partial charge in [-0.2, -0.15) is 0 Å². The molecule has 4 heterocycles. The highest BCUT2D eigenvalue weighted by Gasteiger charge is 2.32. The Morgan fingerprint density at radius 3 is 1.11 bits per heavy atom. The molecular weight excluding hydrogens is 1330 g/mol. The van der Waals surface area contributed by atoms with Crippen LogP contribution in [0.4, 0.5) is 11.6 Å². The Morgan fingerprint density at radius 2 is 0.816 bits per heavy atom. The van der Waals surface area contributed by atoms with Gasteiger partial charge >= 0.3 is 0 Å². The topological polar surface area (TPSA) is 255 Å². The summed E-state index contributed by atoms with van der Waals surface area (Å²) in [6, 6.07) is 26.8. The standard InChI is InChI=1S/2C25H32N4O4.C15H21NO3.C12H19NO2.2CH4.ClH/c2*1-6-12-33-22-18(8-7-9-20(22)32-5)16-29(4)21(30)11-10-17-13-19-15-27-25(2,3)24(31)28-23(19)26-14-17;1-5-10-19-15-12(8-7-9-13(15)18-4)11-16(3)14(17)6-2;1-4-8-15-12-10(9-13-2)6-5-7-11(12)14-3;;;/h2*7-11,13-14,27H,6,12,15-16H2,1-5H3,(H,26,28,31);6-9H,2,5,10-11H2,1,3-4H3;5-7,13H,4,8-9H2,1-3H3;2*1H4;1H/b2*11-10+;;;;;. The Hall–Kier alpha value is -9.68. The number of carbonyl (C=O) groups excluding carboxylic acids is 5. The summed E-state index contributed by atoms with van der Waals surface area (Å²) in [4.78, 5) is 75.1. The Labute approximate surface area is 617 Å². The number of pyridine rings is 2. The molecule has 2 aliphatic heterocycles. The van der Waals surface area contributed by atoms with E-state index in [9.17, 15) is 24.0 Å². The molecule has 2 aromatic heterocycles. The van der Waals surface area contributed by atoms with Crippen LogP contribution in [0, 0.1) is 0 Å². The summed E-state index contributed by atoms with van der Waals surface area (Å²) in [6.07, 6.45) is 14.7. The highest BCUT2D eigenvalue weighted by Crippen LogP contribution is 2.36. The van der Waals surface area contributed by atoms with Crippen molar-refractivity contribution in [2.45, 2.75) is 146 Å². The van der Waals surface area contributed by atoms with Crippen molar-refractivity contribution in [3.63, 3.8) is 0 Å². The fourth-order valence-corrected chi connectivity index (χ4v) is 9.86. The molecule has 0 saturated carbocycles. The molecule has 5 N–H and O–H groups in total. The van der Waals surface area contributed by atoms with Crippen LogP contribution in [0.5, 0.6) is 46.0 Å². The van der Waals surface area contributed by atoms with E-state index in [0.29, 0.717) is 98.7 Å². The first-order chi connectivity index (χ1) is 48.0. The van der Waals surface area contributed by atoms with Gasteiger partial charge in [0.2, 0.25) is 29.5 Å². The molecule has 0 bridgehead atoms. The average Bonchev–Trinajstić information content (AvgIpc) is 1.76. The normalized spacial score (nSPS) is 12.8. The van der Waals surface area contributed by atoms with Crippen molar-refractivity contribution in [3.8, 4) is 46.0 Å². The number of nitrogens with one attached hydrogen (secondary N) is 5. The second kappa shape index (κ2) is 45.3. The molecule has 564 valence electrons. The number of amides is 5. The van der Waals surface area contributed by atoms with Gasteiger partial charge in [-0.25, -0.2) is 9.97 Å². The van der Waals surface area contributed by atoms with Gasteiger partial charge in [-0.05, 0) is 126 Å². The van der Waals surface area contributed by atoms with Crippen molar-refractivity contribution in [3.05, 3.63) is 167 Å². The lowest BCUT2D eigenvalue weighted by molar-refractivity contribution is -0.126. The van der Waals surface area contributed by atoms with E-state index >= 15 is 0 Å². The molecule has 0 unspecified atom stereocenters. The van der Waals surface area contributed by atoms with Gasteiger partial charge in [0.1, 0.15) is 11.6 Å². The van der Waals surface area contributed by atoms with Crippen LogP contribution in [-0.4, -0.2) is 148 Å².